The topological polar surface area (TPSA) is 75.7 Å². The molecule has 0 spiro atoms. The van der Waals surface area contributed by atoms with Gasteiger partial charge in [-0.25, -0.2) is 21.6 Å². The van der Waals surface area contributed by atoms with Gasteiger partial charge in [0.25, 0.3) is 0 Å². The number of halogens is 4. The molecular weight excluding hydrogens is 445 g/mol. The molecule has 6 nitrogen and oxygen atoms in total. The van der Waals surface area contributed by atoms with E-state index in [0.29, 0.717) is 6.07 Å². The first kappa shape index (κ1) is 22.4. The van der Waals surface area contributed by atoms with Crippen molar-refractivity contribution in [2.75, 3.05) is 25.5 Å². The third kappa shape index (κ3) is 4.40. The van der Waals surface area contributed by atoms with Gasteiger partial charge in [0.1, 0.15) is 10.6 Å². The fourth-order valence-corrected chi connectivity index (χ4v) is 5.09. The molecule has 30 heavy (non-hydrogen) atoms. The largest absolute Gasteiger partial charge is 0.495 e. The zero-order valence-electron chi connectivity index (χ0n) is 15.8. The first-order valence-corrected chi connectivity index (χ1v) is 10.7. The van der Waals surface area contributed by atoms with E-state index in [1.165, 1.54) is 29.6 Å². The SMILES string of the molecule is COc1ccc(Cl)cc1S(=O)(=O)N1CCC(C(=O)Nc2ccc(F)c(F)c2F)CC1. The Hall–Kier alpha value is -2.30. The van der Waals surface area contributed by atoms with Crippen molar-refractivity contribution in [3.05, 3.63) is 52.8 Å². The van der Waals surface area contributed by atoms with Crippen LogP contribution in [0.15, 0.2) is 35.2 Å². The Balaban J connectivity index is 1.69. The average Bonchev–Trinajstić information content (AvgIpc) is 2.74. The van der Waals surface area contributed by atoms with Crippen LogP contribution in [-0.4, -0.2) is 38.8 Å². The number of piperidine rings is 1. The van der Waals surface area contributed by atoms with Gasteiger partial charge in [0.2, 0.25) is 15.9 Å². The lowest BCUT2D eigenvalue weighted by Gasteiger charge is -2.31. The second-order valence-electron chi connectivity index (χ2n) is 6.69. The van der Waals surface area contributed by atoms with Crippen molar-refractivity contribution in [1.29, 1.82) is 0 Å². The maximum atomic E-state index is 13.8. The molecule has 1 amide bonds. The number of anilines is 1. The number of hydrogen-bond donors (Lipinski definition) is 1. The van der Waals surface area contributed by atoms with Crippen LogP contribution in [0.3, 0.4) is 0 Å². The van der Waals surface area contributed by atoms with Crippen LogP contribution in [0.4, 0.5) is 18.9 Å². The number of nitrogens with zero attached hydrogens (tertiary/aromatic N) is 1. The van der Waals surface area contributed by atoms with E-state index in [1.54, 1.807) is 0 Å². The fourth-order valence-electron chi connectivity index (χ4n) is 3.21. The minimum atomic E-state index is -3.91. The molecule has 1 aliphatic rings. The summed E-state index contributed by atoms with van der Waals surface area (Å²) in [5.41, 5.74) is -0.474. The van der Waals surface area contributed by atoms with Gasteiger partial charge in [-0.15, -0.1) is 0 Å². The predicted molar refractivity (Wildman–Crippen MR) is 104 cm³/mol. The molecule has 2 aromatic carbocycles. The van der Waals surface area contributed by atoms with E-state index >= 15 is 0 Å². The number of ether oxygens (including phenoxy) is 1. The molecule has 1 heterocycles. The summed E-state index contributed by atoms with van der Waals surface area (Å²) in [6, 6.07) is 5.89. The zero-order chi connectivity index (χ0) is 22.1. The summed E-state index contributed by atoms with van der Waals surface area (Å²) in [6.07, 6.45) is 0.332. The zero-order valence-corrected chi connectivity index (χ0v) is 17.4. The van der Waals surface area contributed by atoms with E-state index in [-0.39, 0.29) is 41.6 Å². The summed E-state index contributed by atoms with van der Waals surface area (Å²) in [4.78, 5) is 12.3. The summed E-state index contributed by atoms with van der Waals surface area (Å²) in [5, 5.41) is 2.47. The Labute approximate surface area is 176 Å². The highest BCUT2D eigenvalue weighted by molar-refractivity contribution is 7.89. The molecule has 1 fully saturated rings. The van der Waals surface area contributed by atoms with Gasteiger partial charge in [0.15, 0.2) is 17.5 Å². The van der Waals surface area contributed by atoms with E-state index in [2.05, 4.69) is 5.32 Å². The highest BCUT2D eigenvalue weighted by Gasteiger charge is 2.34. The number of rotatable bonds is 5. The van der Waals surface area contributed by atoms with Crippen molar-refractivity contribution >= 4 is 33.2 Å². The van der Waals surface area contributed by atoms with Crippen molar-refractivity contribution in [2.24, 2.45) is 5.92 Å². The molecule has 1 aliphatic heterocycles. The summed E-state index contributed by atoms with van der Waals surface area (Å²) < 4.78 is 72.3. The molecule has 2 aromatic rings. The lowest BCUT2D eigenvalue weighted by molar-refractivity contribution is -0.120. The molecule has 3 rings (SSSR count). The summed E-state index contributed by atoms with van der Waals surface area (Å²) in [6.45, 7) is 0.0761. The highest BCUT2D eigenvalue weighted by atomic mass is 35.5. The predicted octanol–water partition coefficient (Wildman–Crippen LogP) is 3.81. The Kier molecular flexibility index (Phi) is 6.59. The third-order valence-corrected chi connectivity index (χ3v) is 7.02. The normalized spacial score (nSPS) is 15.8. The third-order valence-electron chi connectivity index (χ3n) is 4.86. The molecule has 0 radical (unpaired) electrons. The van der Waals surface area contributed by atoms with Crippen LogP contribution in [0, 0.1) is 23.4 Å². The monoisotopic (exact) mass is 462 g/mol. The van der Waals surface area contributed by atoms with E-state index in [1.807, 2.05) is 0 Å². The van der Waals surface area contributed by atoms with E-state index in [9.17, 15) is 26.4 Å². The molecular formula is C19H18ClF3N2O4S. The number of carbonyl (C=O) groups is 1. The Morgan fingerprint density at radius 1 is 1.13 bits per heavy atom. The quantitative estimate of drug-likeness (QED) is 0.686. The molecule has 11 heteroatoms. The van der Waals surface area contributed by atoms with Gasteiger partial charge >= 0.3 is 0 Å². The molecule has 0 aliphatic carbocycles. The van der Waals surface area contributed by atoms with Crippen LogP contribution in [0.25, 0.3) is 0 Å². The van der Waals surface area contributed by atoms with E-state index in [4.69, 9.17) is 16.3 Å². The molecule has 0 unspecified atom stereocenters. The molecule has 162 valence electrons. The molecule has 0 atom stereocenters. The van der Waals surface area contributed by atoms with Gasteiger partial charge in [0, 0.05) is 24.0 Å². The summed E-state index contributed by atoms with van der Waals surface area (Å²) in [7, 11) is -2.57. The lowest BCUT2D eigenvalue weighted by atomic mass is 9.97. The van der Waals surface area contributed by atoms with Crippen LogP contribution in [0.2, 0.25) is 5.02 Å². The van der Waals surface area contributed by atoms with Gasteiger partial charge in [-0.3, -0.25) is 4.79 Å². The van der Waals surface area contributed by atoms with Gasteiger partial charge in [-0.1, -0.05) is 11.6 Å². The molecule has 1 N–H and O–H groups in total. The Bertz CT molecular complexity index is 1070. The minimum absolute atomic E-state index is 0.0380. The number of amides is 1. The summed E-state index contributed by atoms with van der Waals surface area (Å²) in [5.74, 6) is -5.60. The highest BCUT2D eigenvalue weighted by Crippen LogP contribution is 2.32. The fraction of sp³-hybridized carbons (Fsp3) is 0.316. The number of methoxy groups -OCH3 is 1. The van der Waals surface area contributed by atoms with Crippen LogP contribution in [0.1, 0.15) is 12.8 Å². The Morgan fingerprint density at radius 2 is 1.80 bits per heavy atom. The maximum Gasteiger partial charge on any atom is 0.246 e. The molecule has 0 bridgehead atoms. The van der Waals surface area contributed by atoms with E-state index < -0.39 is 45.0 Å². The Morgan fingerprint density at radius 3 is 2.43 bits per heavy atom. The second kappa shape index (κ2) is 8.83. The number of benzene rings is 2. The van der Waals surface area contributed by atoms with Gasteiger partial charge in [-0.05, 0) is 43.2 Å². The van der Waals surface area contributed by atoms with Crippen molar-refractivity contribution in [3.63, 3.8) is 0 Å². The number of carbonyl (C=O) groups excluding carboxylic acids is 1. The maximum absolute atomic E-state index is 13.8. The van der Waals surface area contributed by atoms with Crippen LogP contribution < -0.4 is 10.1 Å². The van der Waals surface area contributed by atoms with Crippen LogP contribution in [-0.2, 0) is 14.8 Å². The summed E-state index contributed by atoms with van der Waals surface area (Å²) >= 11 is 5.92. The minimum Gasteiger partial charge on any atom is -0.495 e. The van der Waals surface area contributed by atoms with Crippen molar-refractivity contribution in [2.45, 2.75) is 17.7 Å². The van der Waals surface area contributed by atoms with Crippen LogP contribution >= 0.6 is 11.6 Å². The molecule has 0 saturated carbocycles. The van der Waals surface area contributed by atoms with E-state index in [0.717, 1.165) is 6.07 Å². The van der Waals surface area contributed by atoms with Gasteiger partial charge in [-0.2, -0.15) is 4.31 Å². The van der Waals surface area contributed by atoms with Crippen molar-refractivity contribution in [1.82, 2.24) is 4.31 Å². The standard InChI is InChI=1S/C19H18ClF3N2O4S/c1-29-15-5-2-12(20)10-16(15)30(27,28)25-8-6-11(7-9-25)19(26)24-14-4-3-13(21)17(22)18(14)23/h2-5,10-11H,6-9H2,1H3,(H,24,26). The lowest BCUT2D eigenvalue weighted by Crippen LogP contribution is -2.41. The van der Waals surface area contributed by atoms with Crippen LogP contribution in [0.5, 0.6) is 5.75 Å². The number of hydrogen-bond acceptors (Lipinski definition) is 4. The number of sulfonamides is 1. The van der Waals surface area contributed by atoms with Crippen molar-refractivity contribution in [3.8, 4) is 5.75 Å². The first-order valence-electron chi connectivity index (χ1n) is 8.93. The first-order chi connectivity index (χ1) is 14.1. The smallest absolute Gasteiger partial charge is 0.246 e. The van der Waals surface area contributed by atoms with Gasteiger partial charge in [0.05, 0.1) is 12.8 Å². The number of nitrogens with one attached hydrogen (secondary N) is 1. The second-order valence-corrected chi connectivity index (χ2v) is 9.03. The molecule has 0 aromatic heterocycles. The average molecular weight is 463 g/mol. The van der Waals surface area contributed by atoms with Gasteiger partial charge < -0.3 is 10.1 Å². The molecule has 1 saturated heterocycles. The van der Waals surface area contributed by atoms with Crippen molar-refractivity contribution < 1.29 is 31.1 Å².